The predicted molar refractivity (Wildman–Crippen MR) is 128 cm³/mol. The lowest BCUT2D eigenvalue weighted by Gasteiger charge is -2.30. The van der Waals surface area contributed by atoms with Crippen molar-refractivity contribution in [3.05, 3.63) is 29.8 Å². The molecule has 2 fully saturated rings. The Balaban J connectivity index is 0.00000280. The summed E-state index contributed by atoms with van der Waals surface area (Å²) in [6, 6.07) is 8.55. The summed E-state index contributed by atoms with van der Waals surface area (Å²) in [7, 11) is 1.10. The van der Waals surface area contributed by atoms with Crippen molar-refractivity contribution >= 4 is 40.7 Å². The Kier molecular flexibility index (Phi) is 10.0. The summed E-state index contributed by atoms with van der Waals surface area (Å²) in [6.07, 6.45) is 6.87. The van der Waals surface area contributed by atoms with Gasteiger partial charge < -0.3 is 15.4 Å². The van der Waals surface area contributed by atoms with E-state index in [9.17, 15) is 4.21 Å². The largest absolute Gasteiger partial charge is 0.493 e. The first-order chi connectivity index (χ1) is 13.2. The number of aliphatic imine (C=N–C) groups is 1. The Morgan fingerprint density at radius 2 is 2.04 bits per heavy atom. The second kappa shape index (κ2) is 12.0. The summed E-state index contributed by atoms with van der Waals surface area (Å²) in [5.74, 6) is 3.26. The monoisotopic (exact) mass is 519 g/mol. The van der Waals surface area contributed by atoms with Gasteiger partial charge in [0.15, 0.2) is 5.96 Å². The fourth-order valence-corrected chi connectivity index (χ4v) is 4.95. The van der Waals surface area contributed by atoms with E-state index in [0.717, 1.165) is 61.2 Å². The van der Waals surface area contributed by atoms with Gasteiger partial charge in [-0.1, -0.05) is 31.5 Å². The molecule has 3 rings (SSSR count). The molecule has 158 valence electrons. The maximum atomic E-state index is 12.2. The van der Waals surface area contributed by atoms with Crippen LogP contribution in [0.1, 0.15) is 51.0 Å². The van der Waals surface area contributed by atoms with E-state index in [1.807, 2.05) is 25.1 Å². The Morgan fingerprint density at radius 1 is 1.25 bits per heavy atom. The van der Waals surface area contributed by atoms with E-state index in [1.54, 1.807) is 7.05 Å². The summed E-state index contributed by atoms with van der Waals surface area (Å²) in [5, 5.41) is 7.26. The van der Waals surface area contributed by atoms with E-state index < -0.39 is 10.8 Å². The van der Waals surface area contributed by atoms with Gasteiger partial charge in [-0.25, -0.2) is 0 Å². The molecule has 0 aliphatic heterocycles. The van der Waals surface area contributed by atoms with Gasteiger partial charge in [0.05, 0.1) is 6.61 Å². The molecule has 1 aromatic carbocycles. The van der Waals surface area contributed by atoms with Crippen LogP contribution >= 0.6 is 24.0 Å². The Hall–Kier alpha value is -0.830. The van der Waals surface area contributed by atoms with Gasteiger partial charge in [0.1, 0.15) is 5.75 Å². The van der Waals surface area contributed by atoms with Crippen molar-refractivity contribution in [1.29, 1.82) is 0 Å². The van der Waals surface area contributed by atoms with Crippen LogP contribution in [0.5, 0.6) is 5.75 Å². The third-order valence-corrected chi connectivity index (χ3v) is 7.18. The highest BCUT2D eigenvalue weighted by Crippen LogP contribution is 2.30. The van der Waals surface area contributed by atoms with Gasteiger partial charge in [-0.05, 0) is 44.1 Å². The molecule has 5 nitrogen and oxygen atoms in total. The Morgan fingerprint density at radius 3 is 2.75 bits per heavy atom. The summed E-state index contributed by atoms with van der Waals surface area (Å²) in [5.41, 5.74) is 1.15. The van der Waals surface area contributed by atoms with Crippen molar-refractivity contribution in [2.24, 2.45) is 10.9 Å². The number of rotatable bonds is 8. The van der Waals surface area contributed by atoms with Crippen LogP contribution in [0.15, 0.2) is 29.3 Å². The van der Waals surface area contributed by atoms with Crippen LogP contribution in [0, 0.1) is 5.92 Å². The highest BCUT2D eigenvalue weighted by atomic mass is 127. The minimum absolute atomic E-state index is 0. The van der Waals surface area contributed by atoms with Crippen LogP contribution in [-0.2, 0) is 17.3 Å². The van der Waals surface area contributed by atoms with E-state index in [2.05, 4.69) is 21.7 Å². The lowest BCUT2D eigenvalue weighted by Crippen LogP contribution is -2.46. The van der Waals surface area contributed by atoms with Crippen LogP contribution in [0.25, 0.3) is 0 Å². The highest BCUT2D eigenvalue weighted by Gasteiger charge is 2.26. The summed E-state index contributed by atoms with van der Waals surface area (Å²) in [4.78, 5) is 4.38. The maximum absolute atomic E-state index is 12.2. The van der Waals surface area contributed by atoms with Gasteiger partial charge in [-0.3, -0.25) is 9.20 Å². The smallest absolute Gasteiger partial charge is 0.191 e. The predicted octanol–water partition coefficient (Wildman–Crippen LogP) is 3.84. The number of halogens is 1. The SMILES string of the molecule is CCS(=O)C1CCCC(NC(=NC)NCc2ccccc2OCC2CC2)C1.I. The lowest BCUT2D eigenvalue weighted by atomic mass is 9.95. The van der Waals surface area contributed by atoms with Gasteiger partial charge in [-0.2, -0.15) is 0 Å². The number of benzene rings is 1. The second-order valence-electron chi connectivity index (χ2n) is 7.59. The minimum Gasteiger partial charge on any atom is -0.493 e. The van der Waals surface area contributed by atoms with E-state index in [4.69, 9.17) is 4.74 Å². The molecule has 2 N–H and O–H groups in total. The molecular weight excluding hydrogens is 485 g/mol. The van der Waals surface area contributed by atoms with Gasteiger partial charge in [0, 0.05) is 47.0 Å². The molecule has 1 aromatic rings. The van der Waals surface area contributed by atoms with Crippen LogP contribution in [0.2, 0.25) is 0 Å². The van der Waals surface area contributed by atoms with Crippen molar-refractivity contribution < 1.29 is 8.95 Å². The zero-order chi connectivity index (χ0) is 19.1. The average molecular weight is 519 g/mol. The fraction of sp³-hybridized carbons (Fsp3) is 0.667. The zero-order valence-electron chi connectivity index (χ0n) is 17.0. The number of nitrogens with one attached hydrogen (secondary N) is 2. The number of hydrogen-bond acceptors (Lipinski definition) is 3. The number of para-hydroxylation sites is 1. The molecule has 2 saturated carbocycles. The van der Waals surface area contributed by atoms with Crippen molar-refractivity contribution in [2.45, 2.75) is 63.3 Å². The molecule has 7 heteroatoms. The van der Waals surface area contributed by atoms with Gasteiger partial charge in [0.25, 0.3) is 0 Å². The second-order valence-corrected chi connectivity index (χ2v) is 9.59. The third-order valence-electron chi connectivity index (χ3n) is 5.44. The minimum atomic E-state index is -0.706. The summed E-state index contributed by atoms with van der Waals surface area (Å²) >= 11 is 0. The summed E-state index contributed by atoms with van der Waals surface area (Å²) in [6.45, 7) is 3.51. The topological polar surface area (TPSA) is 62.7 Å². The van der Waals surface area contributed by atoms with E-state index in [-0.39, 0.29) is 24.0 Å². The molecular formula is C21H34IN3O2S. The number of nitrogens with zero attached hydrogens (tertiary/aromatic N) is 1. The van der Waals surface area contributed by atoms with Crippen LogP contribution < -0.4 is 15.4 Å². The molecule has 3 atom stereocenters. The van der Waals surface area contributed by atoms with Crippen molar-refractivity contribution in [2.75, 3.05) is 19.4 Å². The van der Waals surface area contributed by atoms with Gasteiger partial charge in [0.2, 0.25) is 0 Å². The molecule has 0 radical (unpaired) electrons. The molecule has 0 heterocycles. The molecule has 28 heavy (non-hydrogen) atoms. The molecule has 0 spiro atoms. The van der Waals surface area contributed by atoms with Crippen LogP contribution in [0.3, 0.4) is 0 Å². The van der Waals surface area contributed by atoms with Crippen molar-refractivity contribution in [3.8, 4) is 5.75 Å². The first kappa shape index (κ1) is 23.4. The fourth-order valence-electron chi connectivity index (χ4n) is 3.60. The molecule has 0 aromatic heterocycles. The maximum Gasteiger partial charge on any atom is 0.191 e. The van der Waals surface area contributed by atoms with Crippen LogP contribution in [-0.4, -0.2) is 40.9 Å². The zero-order valence-corrected chi connectivity index (χ0v) is 20.1. The van der Waals surface area contributed by atoms with Crippen LogP contribution in [0.4, 0.5) is 0 Å². The van der Waals surface area contributed by atoms with E-state index >= 15 is 0 Å². The molecule has 0 saturated heterocycles. The number of hydrogen-bond donors (Lipinski definition) is 2. The quantitative estimate of drug-likeness (QED) is 0.311. The molecule has 2 aliphatic carbocycles. The number of guanidine groups is 1. The normalized spacial score (nSPS) is 23.4. The summed E-state index contributed by atoms with van der Waals surface area (Å²) < 4.78 is 18.1. The van der Waals surface area contributed by atoms with E-state index in [0.29, 0.717) is 17.8 Å². The van der Waals surface area contributed by atoms with Gasteiger partial charge in [-0.15, -0.1) is 24.0 Å². The standard InChI is InChI=1S/C21H33N3O2S.HI/c1-3-27(25)19-9-6-8-18(13-19)24-21(22-2)23-14-17-7-4-5-10-20(17)26-15-16-11-12-16;/h4-5,7,10,16,18-19H,3,6,8-9,11-15H2,1-2H3,(H2,22,23,24);1H. The van der Waals surface area contributed by atoms with E-state index in [1.165, 1.54) is 12.8 Å². The van der Waals surface area contributed by atoms with Gasteiger partial charge >= 0.3 is 0 Å². The highest BCUT2D eigenvalue weighted by molar-refractivity contribution is 14.0. The molecule has 3 unspecified atom stereocenters. The first-order valence-corrected chi connectivity index (χ1v) is 11.6. The van der Waals surface area contributed by atoms with Crippen molar-refractivity contribution in [3.63, 3.8) is 0 Å². The Bertz CT molecular complexity index is 667. The lowest BCUT2D eigenvalue weighted by molar-refractivity contribution is 0.296. The first-order valence-electron chi connectivity index (χ1n) is 10.2. The van der Waals surface area contributed by atoms with Crippen molar-refractivity contribution in [1.82, 2.24) is 10.6 Å². The number of ether oxygens (including phenoxy) is 1. The molecule has 0 bridgehead atoms. The Labute approximate surface area is 189 Å². The molecule has 0 amide bonds. The average Bonchev–Trinajstić information content (AvgIpc) is 3.54. The third kappa shape index (κ3) is 7.21. The molecule has 2 aliphatic rings.